The van der Waals surface area contributed by atoms with E-state index in [0.717, 1.165) is 0 Å². The third-order valence-electron chi connectivity index (χ3n) is 20.0. The largest absolute Gasteiger partial charge is 0.0888 e. The minimum Gasteiger partial charge on any atom is -0.0888 e. The summed E-state index contributed by atoms with van der Waals surface area (Å²) in [6.45, 7) is 0. The summed E-state index contributed by atoms with van der Waals surface area (Å²) >= 11 is 1.90. The molecule has 572 valence electrons. The van der Waals surface area contributed by atoms with Gasteiger partial charge in [-0.3, -0.25) is 0 Å². The molecule has 123 heavy (non-hydrogen) atoms. The van der Waals surface area contributed by atoms with Crippen molar-refractivity contribution in [2.45, 2.75) is 29.4 Å². The van der Waals surface area contributed by atoms with E-state index in [4.69, 9.17) is 69.9 Å². The summed E-state index contributed by atoms with van der Waals surface area (Å²) in [5, 5.41) is -9.44. The smallest absolute Gasteiger partial charge is 0.0636 e. The molecule has 0 N–H and O–H groups in total. The highest BCUT2D eigenvalue weighted by atomic mass is 32.2. The third-order valence-corrected chi connectivity index (χ3v) is 23.0. The molecule has 23 aromatic rings. The molecule has 0 amide bonds. The van der Waals surface area contributed by atoms with Gasteiger partial charge in [-0.2, -0.15) is 0 Å². The van der Waals surface area contributed by atoms with Crippen LogP contribution in [0.4, 0.5) is 0 Å². The Balaban J connectivity index is 0.000000148. The molecule has 3 aliphatic heterocycles. The molecule has 0 spiro atoms. The molecule has 3 heteroatoms. The minimum atomic E-state index is -1.04. The van der Waals surface area contributed by atoms with Gasteiger partial charge >= 0.3 is 0 Å². The minimum absolute atomic E-state index is 0.0762. The Morgan fingerprint density at radius 2 is 0.333 bits per heavy atom. The van der Waals surface area contributed by atoms with E-state index in [0.29, 0.717) is 35.3 Å². The fraction of sp³-hybridized carbons (Fsp3) is 0. The Morgan fingerprint density at radius 3 is 0.642 bits per heavy atom. The topological polar surface area (TPSA) is 0 Å². The molecule has 3 aliphatic rings. The maximum Gasteiger partial charge on any atom is 0.0636 e. The summed E-state index contributed by atoms with van der Waals surface area (Å²) in [6.07, 6.45) is 0. The van der Waals surface area contributed by atoms with Crippen LogP contribution in [0, 0.1) is 0 Å². The van der Waals surface area contributed by atoms with Gasteiger partial charge in [0.1, 0.15) is 0 Å². The van der Waals surface area contributed by atoms with E-state index >= 15 is 0 Å². The van der Waals surface area contributed by atoms with Gasteiger partial charge in [0, 0.05) is 45.5 Å². The Bertz CT molecular complexity index is 12700. The van der Waals surface area contributed by atoms with E-state index in [1.807, 2.05) is 0 Å². The van der Waals surface area contributed by atoms with Crippen LogP contribution in [0.2, 0.25) is 0 Å². The van der Waals surface area contributed by atoms with Crippen LogP contribution in [0.3, 0.4) is 0 Å². The highest BCUT2D eigenvalue weighted by molar-refractivity contribution is 8.00. The number of hydrogen-bond donors (Lipinski definition) is 0. The van der Waals surface area contributed by atoms with Gasteiger partial charge in [-0.05, 0) is 264 Å². The normalized spacial score (nSPS) is 20.6. The van der Waals surface area contributed by atoms with Crippen molar-refractivity contribution in [3.63, 3.8) is 0 Å². The maximum absolute atomic E-state index is 9.91. The number of rotatable bonds is 8. The summed E-state index contributed by atoms with van der Waals surface area (Å²) in [7, 11) is 0. The maximum atomic E-state index is 9.91. The molecule has 3 heterocycles. The fourth-order valence-electron chi connectivity index (χ4n) is 14.9. The van der Waals surface area contributed by atoms with Crippen molar-refractivity contribution < 1.29 is 101 Å². The fourth-order valence-corrected chi connectivity index (χ4v) is 17.8. The summed E-state index contributed by atoms with van der Waals surface area (Å²) in [5.74, 6) is 0. The monoisotopic (exact) mass is 1680 g/mol. The van der Waals surface area contributed by atoms with Crippen molar-refractivity contribution in [3.8, 4) is 122 Å². The second-order valence-corrected chi connectivity index (χ2v) is 29.6. The highest BCUT2D eigenvalue weighted by Gasteiger charge is 2.28. The van der Waals surface area contributed by atoms with E-state index in [1.165, 1.54) is 0 Å². The Labute approximate surface area is 831 Å². The first-order chi connectivity index (χ1) is 91.8. The Kier molecular flexibility index (Phi) is 7.31. The average molecular weight is 1690 g/mol. The molecule has 0 aliphatic carbocycles. The lowest BCUT2D eigenvalue weighted by Gasteiger charge is -2.22. The number of hydrogen-bond acceptors (Lipinski definition) is 3. The van der Waals surface area contributed by atoms with Crippen LogP contribution in [0.5, 0.6) is 0 Å². The van der Waals surface area contributed by atoms with Gasteiger partial charge in [0.2, 0.25) is 0 Å². The van der Waals surface area contributed by atoms with E-state index in [-0.39, 0.29) is 95.1 Å². The predicted molar refractivity (Wildman–Crippen MR) is 529 cm³/mol. The lowest BCUT2D eigenvalue weighted by molar-refractivity contribution is 1.40. The number of fused-ring (bicyclic) bond motifs is 12. The quantitative estimate of drug-likeness (QED) is 0.139. The Morgan fingerprint density at radius 1 is 0.130 bits per heavy atom. The molecule has 0 bridgehead atoms. The molecule has 23 aromatic carbocycles. The number of benzene rings is 23. The third kappa shape index (κ3) is 12.4. The van der Waals surface area contributed by atoms with E-state index in [1.54, 1.807) is 0 Å². The predicted octanol–water partition coefficient (Wildman–Crippen LogP) is 35.2. The van der Waals surface area contributed by atoms with E-state index in [2.05, 4.69) is 0 Å². The van der Waals surface area contributed by atoms with Crippen LogP contribution in [0.25, 0.3) is 219 Å². The van der Waals surface area contributed by atoms with E-state index < -0.39 is 601 Å². The van der Waals surface area contributed by atoms with Gasteiger partial charge in [-0.15, -0.1) is 0 Å². The van der Waals surface area contributed by atoms with Crippen molar-refractivity contribution in [2.75, 3.05) is 0 Å². The SMILES string of the molecule is [2H]c1c([2H])c([2H])c(-c2c([2H])c([2H])c(-c3c4c([2H])c([2H])c([2H])c([2H])c4c(-c4c([2H])c([2H])c5c(c4[2H])-c4c([2H])c([2H])c([2H])c6c([2H])c([2H])c([2H])c(c46)S5)c4c([2H])c([2H])c([2H])c([2H])c34)c([2H])c2[2H])c([2H])c1[2H].[2H]c1c([2H])c([2H])c(-c2c([2H])c([2H])c([2H])c(-c3c4c([2H])c([2H])c([2H])c([2H])c4c(-c4c([2H])c([2H])c5c(c4[2H])-c4c([2H])c([2H])c([2H])c6c([2H])c([2H])c([2H])c(c46)S5)c4c([2H])c([2H])c([2H])c([2H])c34)c2[2H])c([2H])c1[2H].[2H]c1c([2H])c([2H])c(-c2c3c([2H])c([2H])c([2H])c([2H])c3c(-c3c([2H])c([2H])c4c(c3[2H])-c3c([2H])c([2H])c([2H])c5c([2H])c([2H])c([2H])c(c35)S4)c3c([2H])c([2H])c([2H])c([2H])c23)c([2H])c1[2H]. The highest BCUT2D eigenvalue weighted by Crippen LogP contribution is 2.56. The molecule has 0 radical (unpaired) electrons. The van der Waals surface area contributed by atoms with Gasteiger partial charge in [0.05, 0.1) is 101 Å². The standard InChI is InChI=1S/2C42H26S.C36H22S/c1-2-11-27(12-3-1)29-15-8-16-30(25-29)40-32-17-4-6-19-34(32)41(35-20-7-5-18-33(35)40)31-23-24-38-37(26-31)36-21-9-13-28-14-10-22-39(43-38)42(28)36;1-2-10-27(11-3-1)28-20-22-30(23-21-28)40-32-14-4-6-16-34(32)41(35-17-7-5-15-33(35)40)31-24-25-38-37(26-31)36-18-8-12-29-13-9-19-39(43-38)42(29)36;1-2-10-23(11-3-1)34-26-14-4-6-16-28(26)35(29-17-7-5-15-27(29)34)25-20-21-32-31(22-25)30-18-8-12-24-13-9-19-33(37-32)36(24)30/h2*1-26H;1-22H/i2*1D,2D,3D,4D,5D,6D,7D,8D,9D,10D,11D,12D,13D,14D,15D,16D,17D,18D,19D,20D,21D,22D,23D,24D,25D,26D;1D,2D,3D,4D,5D,6D,7D,8D,9D,10D,11D,12D,13D,14D,15D,16D,17D,18D,19D,20D,21D,22D. The van der Waals surface area contributed by atoms with Crippen LogP contribution < -0.4 is 0 Å². The molecule has 0 saturated heterocycles. The zero-order valence-electron chi connectivity index (χ0n) is 135. The molecule has 0 fully saturated rings. The second kappa shape index (κ2) is 30.3. The molecule has 26 rings (SSSR count). The summed E-state index contributed by atoms with van der Waals surface area (Å²) in [5.41, 5.74) is -13.5. The molecule has 0 aromatic heterocycles. The lowest BCUT2D eigenvalue weighted by atomic mass is 9.84. The van der Waals surface area contributed by atoms with Crippen molar-refractivity contribution in [1.82, 2.24) is 0 Å². The lowest BCUT2D eigenvalue weighted by Crippen LogP contribution is -1.95. The first-order valence-corrected chi connectivity index (χ1v) is 38.7. The zero-order valence-corrected chi connectivity index (χ0v) is 63.7. The van der Waals surface area contributed by atoms with Crippen LogP contribution in [0.15, 0.2) is 477 Å². The summed E-state index contributed by atoms with van der Waals surface area (Å²) in [4.78, 5) is -1.03. The molecule has 0 saturated carbocycles. The molecule has 0 atom stereocenters. The first kappa shape index (κ1) is 29.7. The van der Waals surface area contributed by atoms with Crippen LogP contribution in [-0.4, -0.2) is 0 Å². The van der Waals surface area contributed by atoms with Crippen molar-refractivity contribution in [2.24, 2.45) is 0 Å². The van der Waals surface area contributed by atoms with Crippen molar-refractivity contribution in [1.29, 1.82) is 0 Å². The van der Waals surface area contributed by atoms with Gasteiger partial charge < -0.3 is 0 Å². The van der Waals surface area contributed by atoms with Crippen molar-refractivity contribution in [3.05, 3.63) is 447 Å². The Hall–Kier alpha value is -14.6. The molecule has 0 unspecified atom stereocenters. The van der Waals surface area contributed by atoms with Crippen LogP contribution in [0.1, 0.15) is 101 Å². The first-order valence-electron chi connectivity index (χ1n) is 73.2. The van der Waals surface area contributed by atoms with Gasteiger partial charge in [-0.25, -0.2) is 0 Å². The van der Waals surface area contributed by atoms with Crippen LogP contribution >= 0.6 is 35.3 Å². The van der Waals surface area contributed by atoms with Gasteiger partial charge in [-0.1, -0.05) is 422 Å². The summed E-state index contributed by atoms with van der Waals surface area (Å²) in [6, 6.07) is -62.6. The van der Waals surface area contributed by atoms with Crippen LogP contribution in [-0.2, 0) is 0 Å². The van der Waals surface area contributed by atoms with Gasteiger partial charge in [0.15, 0.2) is 0 Å². The average Bonchev–Trinajstić information content (AvgIpc) is 0.681. The molecular formula is C120H74S3. The van der Waals surface area contributed by atoms with Crippen molar-refractivity contribution >= 4 is 132 Å². The zero-order chi connectivity index (χ0) is 145. The van der Waals surface area contributed by atoms with E-state index in [9.17, 15) is 31.5 Å². The second-order valence-electron chi connectivity index (χ2n) is 26.5. The summed E-state index contributed by atoms with van der Waals surface area (Å²) < 4.78 is 660. The molecule has 0 nitrogen and oxygen atoms in total. The molecular weight excluding hydrogens is 1540 g/mol. The van der Waals surface area contributed by atoms with Gasteiger partial charge in [0.25, 0.3) is 0 Å².